The summed E-state index contributed by atoms with van der Waals surface area (Å²) in [5.74, 6) is 1.21. The summed E-state index contributed by atoms with van der Waals surface area (Å²) >= 11 is 0. The SMILES string of the molecule is Cc1noc(-c2ccccc2NC2CC(C)OC(C)C2)n1. The molecule has 1 aromatic carbocycles. The lowest BCUT2D eigenvalue weighted by atomic mass is 9.99. The summed E-state index contributed by atoms with van der Waals surface area (Å²) in [4.78, 5) is 4.32. The van der Waals surface area contributed by atoms with Crippen molar-refractivity contribution in [3.63, 3.8) is 0 Å². The summed E-state index contributed by atoms with van der Waals surface area (Å²) in [5, 5.41) is 7.48. The monoisotopic (exact) mass is 287 g/mol. The second-order valence-electron chi connectivity index (χ2n) is 5.76. The normalized spacial score (nSPS) is 25.8. The summed E-state index contributed by atoms with van der Waals surface area (Å²) in [5.41, 5.74) is 1.98. The van der Waals surface area contributed by atoms with Crippen molar-refractivity contribution in [3.8, 4) is 11.5 Å². The third-order valence-corrected chi connectivity index (χ3v) is 3.74. The van der Waals surface area contributed by atoms with Gasteiger partial charge in [-0.05, 0) is 45.7 Å². The minimum absolute atomic E-state index is 0.282. The zero-order valence-electron chi connectivity index (χ0n) is 12.7. The predicted octanol–water partition coefficient (Wildman–Crippen LogP) is 3.41. The van der Waals surface area contributed by atoms with Gasteiger partial charge in [-0.15, -0.1) is 0 Å². The highest BCUT2D eigenvalue weighted by molar-refractivity contribution is 5.72. The molecular formula is C16H21N3O2. The van der Waals surface area contributed by atoms with Crippen LogP contribution < -0.4 is 5.32 Å². The molecule has 0 bridgehead atoms. The number of anilines is 1. The van der Waals surface area contributed by atoms with Gasteiger partial charge in [0, 0.05) is 11.7 Å². The molecule has 0 spiro atoms. The fourth-order valence-electron chi connectivity index (χ4n) is 2.94. The molecule has 1 N–H and O–H groups in total. The van der Waals surface area contributed by atoms with Crippen LogP contribution >= 0.6 is 0 Å². The lowest BCUT2D eigenvalue weighted by Crippen LogP contribution is -2.37. The second-order valence-corrected chi connectivity index (χ2v) is 5.76. The summed E-state index contributed by atoms with van der Waals surface area (Å²) in [6.07, 6.45) is 2.57. The number of hydrogen-bond donors (Lipinski definition) is 1. The zero-order chi connectivity index (χ0) is 14.8. The molecule has 1 fully saturated rings. The van der Waals surface area contributed by atoms with Crippen LogP contribution in [0.5, 0.6) is 0 Å². The van der Waals surface area contributed by atoms with Crippen LogP contribution in [-0.4, -0.2) is 28.4 Å². The molecule has 0 aliphatic carbocycles. The predicted molar refractivity (Wildman–Crippen MR) is 81.1 cm³/mol. The van der Waals surface area contributed by atoms with Crippen molar-refractivity contribution in [2.24, 2.45) is 0 Å². The Kier molecular flexibility index (Phi) is 3.92. The molecule has 1 aromatic heterocycles. The van der Waals surface area contributed by atoms with Gasteiger partial charge in [0.05, 0.1) is 17.8 Å². The Balaban J connectivity index is 1.82. The third-order valence-electron chi connectivity index (χ3n) is 3.74. The van der Waals surface area contributed by atoms with E-state index in [1.54, 1.807) is 0 Å². The number of rotatable bonds is 3. The van der Waals surface area contributed by atoms with Gasteiger partial charge in [0.2, 0.25) is 0 Å². The van der Waals surface area contributed by atoms with Gasteiger partial charge < -0.3 is 14.6 Å². The molecule has 2 unspecified atom stereocenters. The Morgan fingerprint density at radius 1 is 1.14 bits per heavy atom. The topological polar surface area (TPSA) is 60.2 Å². The molecule has 2 atom stereocenters. The molecule has 1 aliphatic rings. The van der Waals surface area contributed by atoms with E-state index in [4.69, 9.17) is 9.26 Å². The van der Waals surface area contributed by atoms with E-state index in [2.05, 4.69) is 35.4 Å². The number of hydrogen-bond acceptors (Lipinski definition) is 5. The van der Waals surface area contributed by atoms with Crippen LogP contribution in [0.2, 0.25) is 0 Å². The summed E-state index contributed by atoms with van der Waals surface area (Å²) in [6, 6.07) is 8.45. The molecule has 2 aromatic rings. The van der Waals surface area contributed by atoms with E-state index in [1.807, 2.05) is 25.1 Å². The van der Waals surface area contributed by atoms with E-state index in [9.17, 15) is 0 Å². The number of para-hydroxylation sites is 1. The van der Waals surface area contributed by atoms with Crippen molar-refractivity contribution in [3.05, 3.63) is 30.1 Å². The maximum atomic E-state index is 5.79. The first-order valence-electron chi connectivity index (χ1n) is 7.43. The van der Waals surface area contributed by atoms with E-state index in [1.165, 1.54) is 0 Å². The standard InChI is InChI=1S/C16H21N3O2/c1-10-8-13(9-11(2)20-10)18-15-7-5-4-6-14(15)16-17-12(3)19-21-16/h4-7,10-11,13,18H,8-9H2,1-3H3. The molecule has 5 heteroatoms. The minimum atomic E-state index is 0.282. The Bertz CT molecular complexity index is 601. The molecule has 5 nitrogen and oxygen atoms in total. The Morgan fingerprint density at radius 3 is 2.52 bits per heavy atom. The van der Waals surface area contributed by atoms with Gasteiger partial charge in [-0.25, -0.2) is 0 Å². The molecule has 0 radical (unpaired) electrons. The van der Waals surface area contributed by atoms with Crippen LogP contribution in [0.25, 0.3) is 11.5 Å². The fraction of sp³-hybridized carbons (Fsp3) is 0.500. The van der Waals surface area contributed by atoms with Gasteiger partial charge in [-0.3, -0.25) is 0 Å². The molecular weight excluding hydrogens is 266 g/mol. The van der Waals surface area contributed by atoms with Crippen LogP contribution in [0.3, 0.4) is 0 Å². The van der Waals surface area contributed by atoms with Crippen LogP contribution in [0.1, 0.15) is 32.5 Å². The highest BCUT2D eigenvalue weighted by Crippen LogP contribution is 2.29. The van der Waals surface area contributed by atoms with Crippen molar-refractivity contribution in [2.75, 3.05) is 5.32 Å². The van der Waals surface area contributed by atoms with Crippen LogP contribution in [-0.2, 0) is 4.74 Å². The average Bonchev–Trinajstić information content (AvgIpc) is 2.85. The first-order valence-corrected chi connectivity index (χ1v) is 7.43. The van der Waals surface area contributed by atoms with Gasteiger partial charge in [0.25, 0.3) is 5.89 Å². The lowest BCUT2D eigenvalue weighted by Gasteiger charge is -2.33. The van der Waals surface area contributed by atoms with Crippen molar-refractivity contribution < 1.29 is 9.26 Å². The third kappa shape index (κ3) is 3.24. The van der Waals surface area contributed by atoms with Gasteiger partial charge in [0.1, 0.15) is 0 Å². The van der Waals surface area contributed by atoms with Gasteiger partial charge in [-0.2, -0.15) is 4.98 Å². The molecule has 21 heavy (non-hydrogen) atoms. The summed E-state index contributed by atoms with van der Waals surface area (Å²) in [7, 11) is 0. The first-order chi connectivity index (χ1) is 10.1. The smallest absolute Gasteiger partial charge is 0.260 e. The molecule has 1 saturated heterocycles. The molecule has 1 aliphatic heterocycles. The minimum Gasteiger partial charge on any atom is -0.381 e. The number of aryl methyl sites for hydroxylation is 1. The van der Waals surface area contributed by atoms with E-state index in [0.717, 1.165) is 24.1 Å². The maximum Gasteiger partial charge on any atom is 0.260 e. The number of benzene rings is 1. The molecule has 2 heterocycles. The first kappa shape index (κ1) is 14.1. The number of aromatic nitrogens is 2. The van der Waals surface area contributed by atoms with E-state index >= 15 is 0 Å². The summed E-state index contributed by atoms with van der Waals surface area (Å²) < 4.78 is 11.1. The quantitative estimate of drug-likeness (QED) is 0.937. The fourth-order valence-corrected chi connectivity index (χ4v) is 2.94. The van der Waals surface area contributed by atoms with Gasteiger partial charge in [0.15, 0.2) is 5.82 Å². The van der Waals surface area contributed by atoms with Gasteiger partial charge >= 0.3 is 0 Å². The number of ether oxygens (including phenoxy) is 1. The van der Waals surface area contributed by atoms with E-state index in [0.29, 0.717) is 17.8 Å². The van der Waals surface area contributed by atoms with Crippen molar-refractivity contribution in [2.45, 2.75) is 51.9 Å². The van der Waals surface area contributed by atoms with E-state index < -0.39 is 0 Å². The molecule has 0 amide bonds. The summed E-state index contributed by atoms with van der Waals surface area (Å²) in [6.45, 7) is 6.07. The number of nitrogens with one attached hydrogen (secondary N) is 1. The Hall–Kier alpha value is -1.88. The Morgan fingerprint density at radius 2 is 1.86 bits per heavy atom. The zero-order valence-corrected chi connectivity index (χ0v) is 12.7. The highest BCUT2D eigenvalue weighted by atomic mass is 16.5. The van der Waals surface area contributed by atoms with Crippen LogP contribution in [0.15, 0.2) is 28.8 Å². The number of nitrogens with zero attached hydrogens (tertiary/aromatic N) is 2. The van der Waals surface area contributed by atoms with E-state index in [-0.39, 0.29) is 12.2 Å². The maximum absolute atomic E-state index is 5.79. The average molecular weight is 287 g/mol. The van der Waals surface area contributed by atoms with Gasteiger partial charge in [-0.1, -0.05) is 17.3 Å². The van der Waals surface area contributed by atoms with Crippen LogP contribution in [0, 0.1) is 6.92 Å². The second kappa shape index (κ2) is 5.85. The molecule has 0 saturated carbocycles. The van der Waals surface area contributed by atoms with Crippen molar-refractivity contribution in [1.82, 2.24) is 10.1 Å². The highest BCUT2D eigenvalue weighted by Gasteiger charge is 2.25. The molecule has 112 valence electrons. The van der Waals surface area contributed by atoms with Crippen molar-refractivity contribution in [1.29, 1.82) is 0 Å². The lowest BCUT2D eigenvalue weighted by molar-refractivity contribution is -0.0337. The Labute approximate surface area is 124 Å². The largest absolute Gasteiger partial charge is 0.381 e. The van der Waals surface area contributed by atoms with Crippen LogP contribution in [0.4, 0.5) is 5.69 Å². The molecule has 3 rings (SSSR count). The van der Waals surface area contributed by atoms with Crippen molar-refractivity contribution >= 4 is 5.69 Å².